The molecule has 2 aromatic heterocycles. The van der Waals surface area contributed by atoms with Crippen molar-refractivity contribution in [2.24, 2.45) is 0 Å². The predicted octanol–water partition coefficient (Wildman–Crippen LogP) is 7.08. The lowest BCUT2D eigenvalue weighted by molar-refractivity contribution is -0.116. The molecule has 2 aromatic carbocycles. The third-order valence-corrected chi connectivity index (χ3v) is 7.59. The van der Waals surface area contributed by atoms with Crippen LogP contribution >= 0.6 is 11.6 Å². The van der Waals surface area contributed by atoms with Crippen molar-refractivity contribution < 1.29 is 14.3 Å². The summed E-state index contributed by atoms with van der Waals surface area (Å²) in [7, 11) is 0. The lowest BCUT2D eigenvalue weighted by Gasteiger charge is -2.26. The summed E-state index contributed by atoms with van der Waals surface area (Å²) in [6, 6.07) is 16.8. The van der Waals surface area contributed by atoms with Gasteiger partial charge in [0.05, 0.1) is 39.8 Å². The number of benzene rings is 2. The van der Waals surface area contributed by atoms with E-state index in [1.165, 1.54) is 25.5 Å². The molecule has 0 spiro atoms. The van der Waals surface area contributed by atoms with Crippen molar-refractivity contribution in [2.45, 2.75) is 45.6 Å². The largest absolute Gasteiger partial charge is 0.492 e. The Morgan fingerprint density at radius 3 is 2.67 bits per heavy atom. The molecule has 3 heterocycles. The molecular weight excluding hydrogens is 564 g/mol. The highest BCUT2D eigenvalue weighted by atomic mass is 35.5. The number of fused-ring (bicyclic) bond motifs is 1. The maximum absolute atomic E-state index is 13.0. The lowest BCUT2D eigenvalue weighted by atomic mass is 10.1. The van der Waals surface area contributed by atoms with Crippen LogP contribution in [0.15, 0.2) is 60.9 Å². The van der Waals surface area contributed by atoms with Crippen molar-refractivity contribution in [1.82, 2.24) is 14.9 Å². The summed E-state index contributed by atoms with van der Waals surface area (Å²) in [5.74, 6) is 0.967. The Bertz CT molecular complexity index is 1600. The van der Waals surface area contributed by atoms with Gasteiger partial charge in [0, 0.05) is 36.0 Å². The zero-order valence-corrected chi connectivity index (χ0v) is 25.0. The van der Waals surface area contributed by atoms with Crippen LogP contribution in [0.5, 0.6) is 11.5 Å². The number of likely N-dealkylation sites (tertiary alicyclic amines) is 1. The monoisotopic (exact) mass is 598 g/mol. The Labute approximate surface area is 256 Å². The van der Waals surface area contributed by atoms with Crippen LogP contribution in [0, 0.1) is 11.3 Å². The van der Waals surface area contributed by atoms with E-state index in [9.17, 15) is 10.1 Å². The van der Waals surface area contributed by atoms with Gasteiger partial charge in [-0.15, -0.1) is 0 Å². The van der Waals surface area contributed by atoms with Gasteiger partial charge in [-0.3, -0.25) is 14.8 Å². The minimum atomic E-state index is -0.0794. The Morgan fingerprint density at radius 1 is 1.07 bits per heavy atom. The van der Waals surface area contributed by atoms with Gasteiger partial charge in [-0.2, -0.15) is 5.26 Å². The quantitative estimate of drug-likeness (QED) is 0.178. The number of carbonyl (C=O) groups is 1. The third kappa shape index (κ3) is 7.92. The van der Waals surface area contributed by atoms with Crippen LogP contribution in [-0.4, -0.2) is 47.0 Å². The molecule has 5 rings (SSSR count). The zero-order chi connectivity index (χ0) is 30.0. The average Bonchev–Trinajstić information content (AvgIpc) is 3.02. The number of aromatic nitrogens is 2. The summed E-state index contributed by atoms with van der Waals surface area (Å²) in [5.41, 5.74) is 3.51. The van der Waals surface area contributed by atoms with Gasteiger partial charge in [-0.25, -0.2) is 0 Å². The second-order valence-electron chi connectivity index (χ2n) is 10.4. The number of hydrogen-bond donors (Lipinski definition) is 2. The van der Waals surface area contributed by atoms with Crippen LogP contribution in [-0.2, 0) is 11.4 Å². The highest BCUT2D eigenvalue weighted by Crippen LogP contribution is 2.37. The Morgan fingerprint density at radius 2 is 1.93 bits per heavy atom. The molecule has 0 saturated carbocycles. The summed E-state index contributed by atoms with van der Waals surface area (Å²) < 4.78 is 11.7. The smallest absolute Gasteiger partial charge is 0.224 e. The molecule has 0 atom stereocenters. The highest BCUT2D eigenvalue weighted by molar-refractivity contribution is 6.32. The van der Waals surface area contributed by atoms with E-state index < -0.39 is 0 Å². The van der Waals surface area contributed by atoms with Crippen LogP contribution in [0.1, 0.15) is 50.3 Å². The third-order valence-electron chi connectivity index (χ3n) is 7.29. The van der Waals surface area contributed by atoms with Crippen molar-refractivity contribution in [3.05, 3.63) is 77.2 Å². The Hall–Kier alpha value is -4.39. The number of nitrogens with one attached hydrogen (secondary N) is 2. The van der Waals surface area contributed by atoms with E-state index in [0.29, 0.717) is 63.1 Å². The molecule has 0 radical (unpaired) electrons. The van der Waals surface area contributed by atoms with E-state index in [4.69, 9.17) is 21.1 Å². The molecule has 1 amide bonds. The van der Waals surface area contributed by atoms with Gasteiger partial charge in [-0.05, 0) is 82.2 Å². The topological polar surface area (TPSA) is 112 Å². The molecule has 10 heteroatoms. The van der Waals surface area contributed by atoms with Gasteiger partial charge in [0.25, 0.3) is 0 Å². The molecule has 43 heavy (non-hydrogen) atoms. The molecule has 1 saturated heterocycles. The molecule has 0 aliphatic carbocycles. The lowest BCUT2D eigenvalue weighted by Crippen LogP contribution is -2.31. The minimum Gasteiger partial charge on any atom is -0.492 e. The van der Waals surface area contributed by atoms with E-state index in [0.717, 1.165) is 31.7 Å². The molecule has 2 N–H and O–H groups in total. The average molecular weight is 599 g/mol. The number of carbonyl (C=O) groups excluding carboxylic acids is 1. The number of amides is 1. The first-order chi connectivity index (χ1) is 21.0. The number of halogens is 1. The number of nitriles is 1. The summed E-state index contributed by atoms with van der Waals surface area (Å²) in [5, 5.41) is 17.4. The second-order valence-corrected chi connectivity index (χ2v) is 10.8. The van der Waals surface area contributed by atoms with Crippen LogP contribution < -0.4 is 20.1 Å². The maximum Gasteiger partial charge on any atom is 0.224 e. The highest BCUT2D eigenvalue weighted by Gasteiger charge is 2.17. The van der Waals surface area contributed by atoms with Crippen molar-refractivity contribution in [1.29, 1.82) is 5.26 Å². The molecule has 0 unspecified atom stereocenters. The molecule has 1 aliphatic rings. The van der Waals surface area contributed by atoms with Gasteiger partial charge in [0.2, 0.25) is 5.91 Å². The number of rotatable bonds is 12. The fourth-order valence-electron chi connectivity index (χ4n) is 5.15. The van der Waals surface area contributed by atoms with E-state index >= 15 is 0 Å². The first-order valence-corrected chi connectivity index (χ1v) is 15.0. The number of pyridine rings is 2. The first-order valence-electron chi connectivity index (χ1n) is 14.6. The van der Waals surface area contributed by atoms with Crippen molar-refractivity contribution in [3.8, 4) is 17.6 Å². The summed E-state index contributed by atoms with van der Waals surface area (Å²) in [6.07, 6.45) is 8.18. The summed E-state index contributed by atoms with van der Waals surface area (Å²) in [4.78, 5) is 24.1. The van der Waals surface area contributed by atoms with Crippen LogP contribution in [0.2, 0.25) is 5.02 Å². The summed E-state index contributed by atoms with van der Waals surface area (Å²) in [6.45, 7) is 5.74. The standard InChI is InChI=1S/C33H35ClN6O3/c1-2-42-31-19-28-26(18-29(31)39-32(41)10-8-16-40-14-6-3-7-15-40)33(23(20-35)21-37-28)38-24-11-12-30(27(34)17-24)43-22-25-9-4-5-13-36-25/h4-5,9,11-13,17-19,21H,2-3,6-8,10,14-16,22H2,1H3,(H,37,38)(H,39,41). The number of anilines is 3. The maximum atomic E-state index is 13.0. The van der Waals surface area contributed by atoms with Crippen molar-refractivity contribution in [2.75, 3.05) is 36.9 Å². The number of ether oxygens (including phenoxy) is 2. The van der Waals surface area contributed by atoms with E-state index in [-0.39, 0.29) is 12.5 Å². The predicted molar refractivity (Wildman–Crippen MR) is 169 cm³/mol. The molecule has 1 fully saturated rings. The minimum absolute atomic E-state index is 0.0794. The zero-order valence-electron chi connectivity index (χ0n) is 24.2. The second kappa shape index (κ2) is 14.7. The van der Waals surface area contributed by atoms with Gasteiger partial charge < -0.3 is 25.0 Å². The Balaban J connectivity index is 1.36. The Kier molecular flexibility index (Phi) is 10.3. The van der Waals surface area contributed by atoms with Crippen LogP contribution in [0.4, 0.5) is 17.1 Å². The van der Waals surface area contributed by atoms with E-state index in [1.807, 2.05) is 37.3 Å². The van der Waals surface area contributed by atoms with E-state index in [2.05, 4.69) is 31.6 Å². The SMILES string of the molecule is CCOc1cc2ncc(C#N)c(Nc3ccc(OCc4ccccn4)c(Cl)c3)c2cc1NC(=O)CCCN1CCCCC1. The van der Waals surface area contributed by atoms with Crippen LogP contribution in [0.25, 0.3) is 10.9 Å². The normalized spacial score (nSPS) is 13.3. The molecule has 9 nitrogen and oxygen atoms in total. The molecular formula is C33H35ClN6O3. The molecule has 0 bridgehead atoms. The number of hydrogen-bond acceptors (Lipinski definition) is 8. The summed E-state index contributed by atoms with van der Waals surface area (Å²) >= 11 is 6.55. The van der Waals surface area contributed by atoms with Gasteiger partial charge in [0.15, 0.2) is 0 Å². The van der Waals surface area contributed by atoms with Gasteiger partial charge in [0.1, 0.15) is 24.2 Å². The molecule has 222 valence electrons. The first kappa shape index (κ1) is 30.1. The van der Waals surface area contributed by atoms with E-state index in [1.54, 1.807) is 24.4 Å². The van der Waals surface area contributed by atoms with Crippen molar-refractivity contribution >= 4 is 45.5 Å². The molecule has 1 aliphatic heterocycles. The van der Waals surface area contributed by atoms with Crippen LogP contribution in [0.3, 0.4) is 0 Å². The van der Waals surface area contributed by atoms with Crippen molar-refractivity contribution in [3.63, 3.8) is 0 Å². The fraction of sp³-hybridized carbons (Fsp3) is 0.333. The fourth-order valence-corrected chi connectivity index (χ4v) is 5.38. The van der Waals surface area contributed by atoms with Gasteiger partial charge in [-0.1, -0.05) is 24.1 Å². The number of nitrogens with zero attached hydrogens (tertiary/aromatic N) is 4. The molecule has 4 aromatic rings. The number of piperidine rings is 1. The van der Waals surface area contributed by atoms with Gasteiger partial charge >= 0.3 is 0 Å².